The van der Waals surface area contributed by atoms with E-state index in [1.54, 1.807) is 6.07 Å². The number of phenols is 1. The number of hydrogen-bond donors (Lipinski definition) is 1. The van der Waals surface area contributed by atoms with Crippen LogP contribution in [0.25, 0.3) is 0 Å². The zero-order valence-corrected chi connectivity index (χ0v) is 11.1. The van der Waals surface area contributed by atoms with Gasteiger partial charge in [-0.25, -0.2) is 4.39 Å². The van der Waals surface area contributed by atoms with Crippen molar-refractivity contribution in [1.82, 2.24) is 4.90 Å². The number of rotatable bonds is 5. The topological polar surface area (TPSA) is 23.5 Å². The summed E-state index contributed by atoms with van der Waals surface area (Å²) in [6.07, 6.45) is 0. The summed E-state index contributed by atoms with van der Waals surface area (Å²) in [6, 6.07) is 4.64. The number of benzene rings is 1. The fourth-order valence-corrected chi connectivity index (χ4v) is 1.89. The van der Waals surface area contributed by atoms with Crippen molar-refractivity contribution in [2.75, 3.05) is 6.54 Å². The summed E-state index contributed by atoms with van der Waals surface area (Å²) in [4.78, 5) is 2.28. The third kappa shape index (κ3) is 4.73. The number of phenolic OH excluding ortho intramolecular Hbond substituents is 1. The molecule has 0 amide bonds. The molecule has 3 heteroatoms. The molecule has 17 heavy (non-hydrogen) atoms. The van der Waals surface area contributed by atoms with Crippen molar-refractivity contribution < 1.29 is 9.50 Å². The second-order valence-electron chi connectivity index (χ2n) is 5.23. The standard InChI is InChI=1S/C14H22FNO/c1-10(2)8-16(11(3)4)9-12-5-13(15)7-14(17)6-12/h5-7,10-11,17H,8-9H2,1-4H3. The molecule has 0 spiro atoms. The molecule has 0 fully saturated rings. The summed E-state index contributed by atoms with van der Waals surface area (Å²) < 4.78 is 13.2. The quantitative estimate of drug-likeness (QED) is 0.851. The molecule has 0 radical (unpaired) electrons. The van der Waals surface area contributed by atoms with Gasteiger partial charge in [0, 0.05) is 25.2 Å². The maximum Gasteiger partial charge on any atom is 0.127 e. The van der Waals surface area contributed by atoms with Crippen LogP contribution < -0.4 is 0 Å². The third-order valence-corrected chi connectivity index (χ3v) is 2.66. The predicted octanol–water partition coefficient (Wildman–Crippen LogP) is 3.40. The van der Waals surface area contributed by atoms with E-state index in [0.717, 1.165) is 18.2 Å². The Morgan fingerprint density at radius 1 is 1.18 bits per heavy atom. The van der Waals surface area contributed by atoms with Crippen LogP contribution in [-0.4, -0.2) is 22.6 Å². The lowest BCUT2D eigenvalue weighted by molar-refractivity contribution is 0.189. The Kier molecular flexibility index (Phi) is 4.94. The van der Waals surface area contributed by atoms with Gasteiger partial charge < -0.3 is 5.11 Å². The number of aromatic hydroxyl groups is 1. The van der Waals surface area contributed by atoms with Crippen LogP contribution in [0.5, 0.6) is 5.75 Å². The van der Waals surface area contributed by atoms with E-state index < -0.39 is 0 Å². The van der Waals surface area contributed by atoms with Crippen molar-refractivity contribution in [1.29, 1.82) is 0 Å². The molecular weight excluding hydrogens is 217 g/mol. The fraction of sp³-hybridized carbons (Fsp3) is 0.571. The smallest absolute Gasteiger partial charge is 0.127 e. The maximum absolute atomic E-state index is 13.2. The van der Waals surface area contributed by atoms with E-state index in [9.17, 15) is 9.50 Å². The summed E-state index contributed by atoms with van der Waals surface area (Å²) >= 11 is 0. The number of halogens is 1. The Balaban J connectivity index is 2.78. The molecule has 1 rings (SSSR count). The Bertz CT molecular complexity index is 343. The van der Waals surface area contributed by atoms with Gasteiger partial charge in [-0.2, -0.15) is 0 Å². The normalized spacial score (nSPS) is 11.8. The molecule has 96 valence electrons. The van der Waals surface area contributed by atoms with E-state index in [1.165, 1.54) is 6.07 Å². The monoisotopic (exact) mass is 239 g/mol. The molecule has 2 nitrogen and oxygen atoms in total. The molecule has 0 aliphatic heterocycles. The van der Waals surface area contributed by atoms with Crippen molar-refractivity contribution in [2.24, 2.45) is 5.92 Å². The first kappa shape index (κ1) is 14.0. The largest absolute Gasteiger partial charge is 0.508 e. The highest BCUT2D eigenvalue weighted by Crippen LogP contribution is 2.17. The first-order valence-electron chi connectivity index (χ1n) is 6.11. The zero-order chi connectivity index (χ0) is 13.0. The van der Waals surface area contributed by atoms with Gasteiger partial charge in [0.2, 0.25) is 0 Å². The molecule has 0 heterocycles. The Labute approximate surface area is 103 Å². The Morgan fingerprint density at radius 2 is 1.82 bits per heavy atom. The van der Waals surface area contributed by atoms with Crippen molar-refractivity contribution in [3.63, 3.8) is 0 Å². The van der Waals surface area contributed by atoms with Gasteiger partial charge in [0.1, 0.15) is 11.6 Å². The average Bonchev–Trinajstić information content (AvgIpc) is 2.13. The van der Waals surface area contributed by atoms with E-state index in [2.05, 4.69) is 32.6 Å². The third-order valence-electron chi connectivity index (χ3n) is 2.66. The molecule has 1 aromatic rings. The molecule has 0 atom stereocenters. The average molecular weight is 239 g/mol. The fourth-order valence-electron chi connectivity index (χ4n) is 1.89. The minimum atomic E-state index is -0.381. The lowest BCUT2D eigenvalue weighted by atomic mass is 10.1. The predicted molar refractivity (Wildman–Crippen MR) is 68.4 cm³/mol. The Morgan fingerprint density at radius 3 is 2.29 bits per heavy atom. The van der Waals surface area contributed by atoms with Crippen LogP contribution in [-0.2, 0) is 6.54 Å². The highest BCUT2D eigenvalue weighted by atomic mass is 19.1. The summed E-state index contributed by atoms with van der Waals surface area (Å²) in [5.41, 5.74) is 0.817. The summed E-state index contributed by atoms with van der Waals surface area (Å²) in [5, 5.41) is 9.37. The number of hydrogen-bond acceptors (Lipinski definition) is 2. The summed E-state index contributed by atoms with van der Waals surface area (Å²) in [6.45, 7) is 10.2. The molecule has 0 saturated carbocycles. The maximum atomic E-state index is 13.2. The van der Waals surface area contributed by atoms with Crippen molar-refractivity contribution in [2.45, 2.75) is 40.3 Å². The van der Waals surface area contributed by atoms with Crippen LogP contribution in [0.4, 0.5) is 4.39 Å². The van der Waals surface area contributed by atoms with Gasteiger partial charge >= 0.3 is 0 Å². The molecule has 0 aliphatic rings. The van der Waals surface area contributed by atoms with Gasteiger partial charge in [-0.1, -0.05) is 13.8 Å². The SMILES string of the molecule is CC(C)CN(Cc1cc(O)cc(F)c1)C(C)C. The first-order valence-corrected chi connectivity index (χ1v) is 6.11. The summed E-state index contributed by atoms with van der Waals surface area (Å²) in [5.74, 6) is 0.182. The van der Waals surface area contributed by atoms with Crippen molar-refractivity contribution in [3.8, 4) is 5.75 Å². The van der Waals surface area contributed by atoms with Crippen molar-refractivity contribution in [3.05, 3.63) is 29.6 Å². The zero-order valence-electron chi connectivity index (χ0n) is 11.1. The lowest BCUT2D eigenvalue weighted by Gasteiger charge is -2.28. The van der Waals surface area contributed by atoms with E-state index in [0.29, 0.717) is 18.5 Å². The highest BCUT2D eigenvalue weighted by Gasteiger charge is 2.12. The lowest BCUT2D eigenvalue weighted by Crippen LogP contribution is -2.33. The molecule has 0 aliphatic carbocycles. The second-order valence-corrected chi connectivity index (χ2v) is 5.23. The summed E-state index contributed by atoms with van der Waals surface area (Å²) in [7, 11) is 0. The molecular formula is C14H22FNO. The van der Waals surface area contributed by atoms with E-state index in [1.807, 2.05) is 0 Å². The molecule has 0 saturated heterocycles. The minimum Gasteiger partial charge on any atom is -0.508 e. The van der Waals surface area contributed by atoms with Gasteiger partial charge in [-0.3, -0.25) is 4.90 Å². The molecule has 0 bridgehead atoms. The van der Waals surface area contributed by atoms with Gasteiger partial charge in [0.05, 0.1) is 0 Å². The van der Waals surface area contributed by atoms with Crippen LogP contribution in [0.3, 0.4) is 0 Å². The van der Waals surface area contributed by atoms with Crippen LogP contribution >= 0.6 is 0 Å². The first-order chi connectivity index (χ1) is 7.88. The number of nitrogens with zero attached hydrogens (tertiary/aromatic N) is 1. The van der Waals surface area contributed by atoms with Gasteiger partial charge in [-0.15, -0.1) is 0 Å². The van der Waals surface area contributed by atoms with Crippen molar-refractivity contribution >= 4 is 0 Å². The molecule has 0 aromatic heterocycles. The van der Waals surface area contributed by atoms with Crippen LogP contribution in [0.2, 0.25) is 0 Å². The Hall–Kier alpha value is -1.09. The second kappa shape index (κ2) is 6.01. The van der Waals surface area contributed by atoms with Gasteiger partial charge in [0.25, 0.3) is 0 Å². The van der Waals surface area contributed by atoms with E-state index >= 15 is 0 Å². The highest BCUT2D eigenvalue weighted by molar-refractivity contribution is 5.28. The molecule has 1 aromatic carbocycles. The van der Waals surface area contributed by atoms with E-state index in [-0.39, 0.29) is 11.6 Å². The molecule has 0 unspecified atom stereocenters. The van der Waals surface area contributed by atoms with E-state index in [4.69, 9.17) is 0 Å². The minimum absolute atomic E-state index is 0.00625. The van der Waals surface area contributed by atoms with Crippen LogP contribution in [0.15, 0.2) is 18.2 Å². The molecule has 1 N–H and O–H groups in total. The van der Waals surface area contributed by atoms with Gasteiger partial charge in [-0.05, 0) is 37.5 Å². The van der Waals surface area contributed by atoms with Crippen LogP contribution in [0.1, 0.15) is 33.3 Å². The van der Waals surface area contributed by atoms with Crippen LogP contribution in [0, 0.1) is 11.7 Å². The van der Waals surface area contributed by atoms with Gasteiger partial charge in [0.15, 0.2) is 0 Å².